The average Bonchev–Trinajstić information content (AvgIpc) is 2.98. The standard InChI is InChI=1S/C21H19BrN2O5S/c1-2-3-10-23-20(25)19(30-21(23)26)12-15-11-16(22)6-9-18(15)29-13-14-4-7-17(8-5-14)24(27)28/h4-9,11-12H,2-3,10,13H2,1H3/b19-12-. The fraction of sp³-hybridized carbons (Fsp3) is 0.238. The number of nitro groups is 1. The van der Waals surface area contributed by atoms with Crippen LogP contribution < -0.4 is 4.74 Å². The lowest BCUT2D eigenvalue weighted by atomic mass is 10.1. The number of hydrogen-bond acceptors (Lipinski definition) is 6. The van der Waals surface area contributed by atoms with Crippen molar-refractivity contribution in [3.63, 3.8) is 0 Å². The van der Waals surface area contributed by atoms with E-state index in [-0.39, 0.29) is 23.4 Å². The van der Waals surface area contributed by atoms with E-state index in [9.17, 15) is 19.7 Å². The van der Waals surface area contributed by atoms with Crippen molar-refractivity contribution in [3.8, 4) is 5.75 Å². The Balaban J connectivity index is 1.78. The highest BCUT2D eigenvalue weighted by Crippen LogP contribution is 2.35. The van der Waals surface area contributed by atoms with Gasteiger partial charge in [-0.05, 0) is 60.2 Å². The van der Waals surface area contributed by atoms with Crippen LogP contribution in [0.3, 0.4) is 0 Å². The number of benzene rings is 2. The number of hydrogen-bond donors (Lipinski definition) is 0. The molecular weight excluding hydrogens is 472 g/mol. The molecule has 1 fully saturated rings. The Morgan fingerprint density at radius 2 is 1.93 bits per heavy atom. The van der Waals surface area contributed by atoms with E-state index in [1.807, 2.05) is 19.1 Å². The first-order valence-corrected chi connectivity index (χ1v) is 10.9. The van der Waals surface area contributed by atoms with Gasteiger partial charge in [0, 0.05) is 28.7 Å². The molecule has 0 aliphatic carbocycles. The molecule has 0 unspecified atom stereocenters. The maximum atomic E-state index is 12.6. The SMILES string of the molecule is CCCCN1C(=O)S/C(=C\c2cc(Br)ccc2OCc2ccc([N+](=O)[O-])cc2)C1=O. The Hall–Kier alpha value is -2.65. The van der Waals surface area contributed by atoms with Crippen LogP contribution in [0.5, 0.6) is 5.75 Å². The van der Waals surface area contributed by atoms with Crippen LogP contribution in [0.4, 0.5) is 10.5 Å². The molecule has 0 radical (unpaired) electrons. The molecule has 2 aromatic rings. The van der Waals surface area contributed by atoms with Crippen LogP contribution in [-0.4, -0.2) is 27.5 Å². The van der Waals surface area contributed by atoms with E-state index in [1.54, 1.807) is 24.3 Å². The predicted octanol–water partition coefficient (Wildman–Crippen LogP) is 5.77. The van der Waals surface area contributed by atoms with Crippen molar-refractivity contribution >= 4 is 50.6 Å². The summed E-state index contributed by atoms with van der Waals surface area (Å²) in [5, 5.41) is 10.5. The Bertz CT molecular complexity index is 1010. The molecule has 0 N–H and O–H groups in total. The molecule has 2 aromatic carbocycles. The third kappa shape index (κ3) is 5.28. The molecule has 0 atom stereocenters. The summed E-state index contributed by atoms with van der Waals surface area (Å²) >= 11 is 4.34. The van der Waals surface area contributed by atoms with Gasteiger partial charge in [-0.2, -0.15) is 0 Å². The first-order chi connectivity index (χ1) is 14.4. The molecule has 9 heteroatoms. The van der Waals surface area contributed by atoms with Gasteiger partial charge in [0.25, 0.3) is 16.8 Å². The van der Waals surface area contributed by atoms with Gasteiger partial charge >= 0.3 is 0 Å². The summed E-state index contributed by atoms with van der Waals surface area (Å²) in [6.07, 6.45) is 3.33. The molecule has 156 valence electrons. The van der Waals surface area contributed by atoms with Gasteiger partial charge < -0.3 is 4.74 Å². The summed E-state index contributed by atoms with van der Waals surface area (Å²) in [7, 11) is 0. The van der Waals surface area contributed by atoms with E-state index >= 15 is 0 Å². The number of non-ortho nitro benzene ring substituents is 1. The number of imide groups is 1. The van der Waals surface area contributed by atoms with Gasteiger partial charge in [-0.15, -0.1) is 0 Å². The number of amides is 2. The number of unbranched alkanes of at least 4 members (excludes halogenated alkanes) is 1. The molecule has 0 bridgehead atoms. The van der Waals surface area contributed by atoms with E-state index in [0.717, 1.165) is 34.6 Å². The second kappa shape index (κ2) is 9.90. The molecular formula is C21H19BrN2O5S. The number of thioether (sulfide) groups is 1. The Labute approximate surface area is 186 Å². The van der Waals surface area contributed by atoms with Crippen LogP contribution in [0.1, 0.15) is 30.9 Å². The van der Waals surface area contributed by atoms with Crippen molar-refractivity contribution in [2.45, 2.75) is 26.4 Å². The number of nitro benzene ring substituents is 1. The smallest absolute Gasteiger partial charge is 0.293 e. The summed E-state index contributed by atoms with van der Waals surface area (Å²) in [5.41, 5.74) is 1.45. The molecule has 0 aromatic heterocycles. The zero-order chi connectivity index (χ0) is 21.7. The zero-order valence-electron chi connectivity index (χ0n) is 16.2. The summed E-state index contributed by atoms with van der Waals surface area (Å²) in [4.78, 5) is 36.7. The highest BCUT2D eigenvalue weighted by atomic mass is 79.9. The first-order valence-electron chi connectivity index (χ1n) is 9.30. The lowest BCUT2D eigenvalue weighted by molar-refractivity contribution is -0.384. The number of carbonyl (C=O) groups is 2. The zero-order valence-corrected chi connectivity index (χ0v) is 18.6. The second-order valence-electron chi connectivity index (χ2n) is 6.58. The average molecular weight is 491 g/mol. The highest BCUT2D eigenvalue weighted by molar-refractivity contribution is 9.10. The van der Waals surface area contributed by atoms with Crippen LogP contribution in [0.2, 0.25) is 0 Å². The van der Waals surface area contributed by atoms with Gasteiger partial charge in [-0.25, -0.2) is 0 Å². The number of halogens is 1. The normalized spacial score (nSPS) is 15.1. The van der Waals surface area contributed by atoms with Crippen molar-refractivity contribution in [1.29, 1.82) is 0 Å². The maximum Gasteiger partial charge on any atom is 0.293 e. The van der Waals surface area contributed by atoms with E-state index in [2.05, 4.69) is 15.9 Å². The quantitative estimate of drug-likeness (QED) is 0.265. The predicted molar refractivity (Wildman–Crippen MR) is 119 cm³/mol. The molecule has 1 aliphatic rings. The molecule has 2 amide bonds. The van der Waals surface area contributed by atoms with Crippen LogP contribution in [0.15, 0.2) is 51.8 Å². The molecule has 0 saturated carbocycles. The molecule has 1 heterocycles. The number of carbonyl (C=O) groups excluding carboxylic acids is 2. The molecule has 7 nitrogen and oxygen atoms in total. The Morgan fingerprint density at radius 1 is 1.20 bits per heavy atom. The van der Waals surface area contributed by atoms with Crippen molar-refractivity contribution in [3.05, 3.63) is 73.1 Å². The van der Waals surface area contributed by atoms with Crippen LogP contribution in [0, 0.1) is 10.1 Å². The largest absolute Gasteiger partial charge is 0.488 e. The number of rotatable bonds is 8. The minimum atomic E-state index is -0.453. The maximum absolute atomic E-state index is 12.6. The molecule has 30 heavy (non-hydrogen) atoms. The Morgan fingerprint density at radius 3 is 2.60 bits per heavy atom. The van der Waals surface area contributed by atoms with Crippen LogP contribution >= 0.6 is 27.7 Å². The van der Waals surface area contributed by atoms with Crippen molar-refractivity contribution in [2.24, 2.45) is 0 Å². The third-order valence-corrected chi connectivity index (χ3v) is 5.81. The number of nitrogens with zero attached hydrogens (tertiary/aromatic N) is 2. The van der Waals surface area contributed by atoms with Crippen LogP contribution in [0.25, 0.3) is 6.08 Å². The van der Waals surface area contributed by atoms with E-state index < -0.39 is 4.92 Å². The monoisotopic (exact) mass is 490 g/mol. The first kappa shape index (κ1) is 22.0. The molecule has 0 spiro atoms. The van der Waals surface area contributed by atoms with Crippen LogP contribution in [-0.2, 0) is 11.4 Å². The van der Waals surface area contributed by atoms with E-state index in [4.69, 9.17) is 4.74 Å². The molecule has 1 aliphatic heterocycles. The topological polar surface area (TPSA) is 89.8 Å². The van der Waals surface area contributed by atoms with E-state index in [0.29, 0.717) is 22.8 Å². The van der Waals surface area contributed by atoms with Gasteiger partial charge in [-0.1, -0.05) is 29.3 Å². The summed E-state index contributed by atoms with van der Waals surface area (Å²) in [5.74, 6) is 0.247. The third-order valence-electron chi connectivity index (χ3n) is 4.41. The summed E-state index contributed by atoms with van der Waals surface area (Å²) < 4.78 is 6.70. The van der Waals surface area contributed by atoms with E-state index in [1.165, 1.54) is 17.0 Å². The van der Waals surface area contributed by atoms with Gasteiger partial charge in [0.1, 0.15) is 12.4 Å². The van der Waals surface area contributed by atoms with Gasteiger partial charge in [-0.3, -0.25) is 24.6 Å². The van der Waals surface area contributed by atoms with Gasteiger partial charge in [0.2, 0.25) is 0 Å². The highest BCUT2D eigenvalue weighted by Gasteiger charge is 2.34. The summed E-state index contributed by atoms with van der Waals surface area (Å²) in [6.45, 7) is 2.63. The van der Waals surface area contributed by atoms with Crippen molar-refractivity contribution in [1.82, 2.24) is 4.90 Å². The Kier molecular flexibility index (Phi) is 7.28. The van der Waals surface area contributed by atoms with Gasteiger partial charge in [0.05, 0.1) is 9.83 Å². The van der Waals surface area contributed by atoms with Gasteiger partial charge in [0.15, 0.2) is 0 Å². The fourth-order valence-corrected chi connectivity index (χ4v) is 4.02. The molecule has 3 rings (SSSR count). The number of ether oxygens (including phenoxy) is 1. The van der Waals surface area contributed by atoms with Crippen molar-refractivity contribution in [2.75, 3.05) is 6.54 Å². The second-order valence-corrected chi connectivity index (χ2v) is 8.49. The lowest BCUT2D eigenvalue weighted by Crippen LogP contribution is -2.29. The fourth-order valence-electron chi connectivity index (χ4n) is 2.79. The summed E-state index contributed by atoms with van der Waals surface area (Å²) in [6, 6.07) is 11.5. The minimum absolute atomic E-state index is 0.0156. The molecule has 1 saturated heterocycles. The minimum Gasteiger partial charge on any atom is -0.488 e. The van der Waals surface area contributed by atoms with Crippen molar-refractivity contribution < 1.29 is 19.2 Å². The lowest BCUT2D eigenvalue weighted by Gasteiger charge is -2.11.